The Kier molecular flexibility index (Phi) is 5.53. The van der Waals surface area contributed by atoms with E-state index in [-0.39, 0.29) is 17.6 Å². The Morgan fingerprint density at radius 1 is 1.04 bits per heavy atom. The molecular weight excluding hydrogens is 348 g/mol. The first-order valence-corrected chi connectivity index (χ1v) is 9.14. The van der Waals surface area contributed by atoms with E-state index < -0.39 is 0 Å². The number of carbonyl (C=O) groups is 2. The van der Waals surface area contributed by atoms with Gasteiger partial charge < -0.3 is 15.1 Å². The van der Waals surface area contributed by atoms with E-state index in [4.69, 9.17) is 4.42 Å². The number of hydrogen-bond acceptors (Lipinski definition) is 4. The number of amides is 2. The fourth-order valence-electron chi connectivity index (χ4n) is 2.63. The van der Waals surface area contributed by atoms with E-state index in [1.807, 2.05) is 19.1 Å². The molecule has 3 rings (SSSR count). The fraction of sp³-hybridized carbons (Fsp3) is 0.200. The van der Waals surface area contributed by atoms with Crippen LogP contribution < -0.4 is 10.6 Å². The molecule has 0 unspecified atom stereocenters. The van der Waals surface area contributed by atoms with Crippen molar-refractivity contribution >= 4 is 28.2 Å². The lowest BCUT2D eigenvalue weighted by molar-refractivity contribution is 0.0956. The van der Waals surface area contributed by atoms with Crippen LogP contribution in [0.1, 0.15) is 36.9 Å². The van der Waals surface area contributed by atoms with Crippen molar-refractivity contribution < 1.29 is 14.0 Å². The van der Waals surface area contributed by atoms with E-state index in [2.05, 4.69) is 29.7 Å². The summed E-state index contributed by atoms with van der Waals surface area (Å²) in [6, 6.07) is 13.2. The van der Waals surface area contributed by atoms with Crippen LogP contribution in [-0.2, 0) is 6.42 Å². The third kappa shape index (κ3) is 4.21. The van der Waals surface area contributed by atoms with Crippen LogP contribution in [0.2, 0.25) is 0 Å². The maximum atomic E-state index is 12.4. The molecule has 2 heterocycles. The van der Waals surface area contributed by atoms with Gasteiger partial charge in [0.1, 0.15) is 0 Å². The maximum absolute atomic E-state index is 12.4. The van der Waals surface area contributed by atoms with Crippen molar-refractivity contribution in [1.29, 1.82) is 0 Å². The largest absolute Gasteiger partial charge is 0.459 e. The molecule has 1 aromatic carbocycles. The highest BCUT2D eigenvalue weighted by Gasteiger charge is 2.16. The Hall–Kier alpha value is -2.86. The smallest absolute Gasteiger partial charge is 0.291 e. The van der Waals surface area contributed by atoms with Gasteiger partial charge in [-0.2, -0.15) is 0 Å². The number of hydrogen-bond donors (Lipinski definition) is 2. The van der Waals surface area contributed by atoms with E-state index in [0.29, 0.717) is 16.4 Å². The molecule has 5 nitrogen and oxygen atoms in total. The quantitative estimate of drug-likeness (QED) is 0.685. The second-order valence-electron chi connectivity index (χ2n) is 5.99. The predicted molar refractivity (Wildman–Crippen MR) is 103 cm³/mol. The van der Waals surface area contributed by atoms with Gasteiger partial charge in [0.2, 0.25) is 0 Å². The summed E-state index contributed by atoms with van der Waals surface area (Å²) in [7, 11) is 0. The number of thiophene rings is 1. The molecular formula is C20H20N2O3S. The lowest BCUT2D eigenvalue weighted by Crippen LogP contribution is -2.25. The molecule has 0 aliphatic heterocycles. The highest BCUT2D eigenvalue weighted by Crippen LogP contribution is 2.27. The zero-order chi connectivity index (χ0) is 18.5. The lowest BCUT2D eigenvalue weighted by atomic mass is 10.1. The van der Waals surface area contributed by atoms with E-state index in [9.17, 15) is 9.59 Å². The monoisotopic (exact) mass is 368 g/mol. The van der Waals surface area contributed by atoms with Crippen LogP contribution in [0.4, 0.5) is 5.00 Å². The van der Waals surface area contributed by atoms with Crippen LogP contribution in [0.25, 0.3) is 0 Å². The number of benzene rings is 1. The van der Waals surface area contributed by atoms with Gasteiger partial charge in [0, 0.05) is 6.54 Å². The first-order chi connectivity index (χ1) is 12.5. The molecule has 0 saturated carbocycles. The van der Waals surface area contributed by atoms with Crippen LogP contribution >= 0.6 is 11.3 Å². The predicted octanol–water partition coefficient (Wildman–Crippen LogP) is 4.18. The van der Waals surface area contributed by atoms with Gasteiger partial charge in [-0.05, 0) is 55.2 Å². The van der Waals surface area contributed by atoms with Crippen LogP contribution in [0.3, 0.4) is 0 Å². The Morgan fingerprint density at radius 3 is 2.58 bits per heavy atom. The third-order valence-corrected chi connectivity index (χ3v) is 5.20. The number of nitrogens with one attached hydrogen (secondary N) is 2. The minimum atomic E-state index is -0.331. The summed E-state index contributed by atoms with van der Waals surface area (Å²) in [5.74, 6) is -0.220. The topological polar surface area (TPSA) is 71.3 Å². The SMILES string of the molecule is Cc1ccccc1CCNC(=O)c1sc(NC(=O)c2ccco2)cc1C. The van der Waals surface area contributed by atoms with Crippen molar-refractivity contribution in [2.24, 2.45) is 0 Å². The first kappa shape index (κ1) is 17.9. The highest BCUT2D eigenvalue weighted by molar-refractivity contribution is 7.18. The molecule has 0 atom stereocenters. The van der Waals surface area contributed by atoms with Crippen molar-refractivity contribution in [2.75, 3.05) is 11.9 Å². The molecule has 0 aliphatic rings. The molecule has 0 saturated heterocycles. The molecule has 6 heteroatoms. The van der Waals surface area contributed by atoms with Crippen LogP contribution in [0.5, 0.6) is 0 Å². The second-order valence-corrected chi connectivity index (χ2v) is 7.04. The lowest BCUT2D eigenvalue weighted by Gasteiger charge is -2.07. The van der Waals surface area contributed by atoms with Crippen LogP contribution in [0, 0.1) is 13.8 Å². The van der Waals surface area contributed by atoms with Crippen LogP contribution in [0.15, 0.2) is 53.1 Å². The molecule has 2 amide bonds. The first-order valence-electron chi connectivity index (χ1n) is 8.32. The Labute approximate surface area is 156 Å². The Balaban J connectivity index is 1.58. The molecule has 134 valence electrons. The number of anilines is 1. The molecule has 2 aromatic heterocycles. The number of aryl methyl sites for hydroxylation is 2. The maximum Gasteiger partial charge on any atom is 0.291 e. The zero-order valence-corrected chi connectivity index (χ0v) is 15.5. The molecule has 0 aliphatic carbocycles. The van der Waals surface area contributed by atoms with Gasteiger partial charge in [-0.15, -0.1) is 11.3 Å². The third-order valence-electron chi connectivity index (χ3n) is 4.05. The summed E-state index contributed by atoms with van der Waals surface area (Å²) in [5.41, 5.74) is 3.28. The van der Waals surface area contributed by atoms with Gasteiger partial charge in [0.15, 0.2) is 5.76 Å². The van der Waals surface area contributed by atoms with E-state index in [1.165, 1.54) is 28.7 Å². The summed E-state index contributed by atoms with van der Waals surface area (Å²) in [6.45, 7) is 4.49. The molecule has 0 spiro atoms. The molecule has 26 heavy (non-hydrogen) atoms. The summed E-state index contributed by atoms with van der Waals surface area (Å²) >= 11 is 1.26. The number of rotatable bonds is 6. The van der Waals surface area contributed by atoms with Gasteiger partial charge in [-0.3, -0.25) is 9.59 Å². The van der Waals surface area contributed by atoms with E-state index in [0.717, 1.165) is 12.0 Å². The van der Waals surface area contributed by atoms with Crippen molar-refractivity contribution in [1.82, 2.24) is 5.32 Å². The van der Waals surface area contributed by atoms with E-state index >= 15 is 0 Å². The van der Waals surface area contributed by atoms with Crippen molar-refractivity contribution in [3.05, 3.63) is 76.1 Å². The summed E-state index contributed by atoms with van der Waals surface area (Å²) in [6.07, 6.45) is 2.23. The Morgan fingerprint density at radius 2 is 1.85 bits per heavy atom. The summed E-state index contributed by atoms with van der Waals surface area (Å²) < 4.78 is 5.07. The number of carbonyl (C=O) groups excluding carboxylic acids is 2. The second kappa shape index (κ2) is 8.01. The van der Waals surface area contributed by atoms with Gasteiger partial charge in [-0.1, -0.05) is 24.3 Å². The molecule has 3 aromatic rings. The van der Waals surface area contributed by atoms with Crippen molar-refractivity contribution in [2.45, 2.75) is 20.3 Å². The van der Waals surface area contributed by atoms with Gasteiger partial charge in [0.05, 0.1) is 16.1 Å². The molecule has 0 bridgehead atoms. The van der Waals surface area contributed by atoms with Crippen molar-refractivity contribution in [3.63, 3.8) is 0 Å². The highest BCUT2D eigenvalue weighted by atomic mass is 32.1. The Bertz CT molecular complexity index is 913. The standard InChI is InChI=1S/C20H20N2O3S/c1-13-6-3-4-7-15(13)9-10-21-20(24)18-14(2)12-17(26-18)22-19(23)16-8-5-11-25-16/h3-8,11-12H,9-10H2,1-2H3,(H,21,24)(H,22,23). The van der Waals surface area contributed by atoms with Gasteiger partial charge >= 0.3 is 0 Å². The normalized spacial score (nSPS) is 10.5. The fourth-order valence-corrected chi connectivity index (χ4v) is 3.62. The van der Waals surface area contributed by atoms with E-state index in [1.54, 1.807) is 18.2 Å². The summed E-state index contributed by atoms with van der Waals surface area (Å²) in [4.78, 5) is 25.1. The van der Waals surface area contributed by atoms with Gasteiger partial charge in [-0.25, -0.2) is 0 Å². The average molecular weight is 368 g/mol. The number of furan rings is 1. The van der Waals surface area contributed by atoms with Crippen molar-refractivity contribution in [3.8, 4) is 0 Å². The minimum Gasteiger partial charge on any atom is -0.459 e. The molecule has 2 N–H and O–H groups in total. The minimum absolute atomic E-state index is 0.125. The average Bonchev–Trinajstić information content (AvgIpc) is 3.26. The summed E-state index contributed by atoms with van der Waals surface area (Å²) in [5, 5.41) is 6.32. The van der Waals surface area contributed by atoms with Crippen LogP contribution in [-0.4, -0.2) is 18.4 Å². The molecule has 0 radical (unpaired) electrons. The molecule has 0 fully saturated rings. The van der Waals surface area contributed by atoms with Gasteiger partial charge in [0.25, 0.3) is 11.8 Å². The zero-order valence-electron chi connectivity index (χ0n) is 14.7.